The van der Waals surface area contributed by atoms with Crippen molar-refractivity contribution in [1.82, 2.24) is 0 Å². The van der Waals surface area contributed by atoms with Crippen LogP contribution in [-0.2, 0) is 0 Å². The summed E-state index contributed by atoms with van der Waals surface area (Å²) in [5.74, 6) is 2.27. The van der Waals surface area contributed by atoms with Crippen molar-refractivity contribution in [3.8, 4) is 17.2 Å². The molecule has 3 nitrogen and oxygen atoms in total. The largest absolute Gasteiger partial charge is 0.497 e. The van der Waals surface area contributed by atoms with Crippen LogP contribution in [0.3, 0.4) is 0 Å². The van der Waals surface area contributed by atoms with Gasteiger partial charge in [0, 0.05) is 21.4 Å². The molecule has 120 valence electrons. The van der Waals surface area contributed by atoms with Crippen molar-refractivity contribution < 1.29 is 9.47 Å². The van der Waals surface area contributed by atoms with Crippen molar-refractivity contribution in [3.05, 3.63) is 81.9 Å². The molecule has 4 heteroatoms. The summed E-state index contributed by atoms with van der Waals surface area (Å²) in [6.07, 6.45) is 1.87. The molecule has 3 aromatic carbocycles. The van der Waals surface area contributed by atoms with E-state index in [-0.39, 0.29) is 0 Å². The molecule has 3 aromatic rings. The minimum atomic E-state index is 0.740. The fourth-order valence-electron chi connectivity index (χ4n) is 2.12. The molecule has 0 bridgehead atoms. The monoisotopic (exact) mass is 429 g/mol. The Morgan fingerprint density at radius 2 is 1.58 bits per heavy atom. The molecule has 0 aliphatic carbocycles. The van der Waals surface area contributed by atoms with E-state index in [0.29, 0.717) is 0 Å². The van der Waals surface area contributed by atoms with Gasteiger partial charge in [-0.15, -0.1) is 0 Å². The van der Waals surface area contributed by atoms with Gasteiger partial charge in [0.1, 0.15) is 17.2 Å². The molecule has 0 unspecified atom stereocenters. The molecule has 0 atom stereocenters. The van der Waals surface area contributed by atoms with Crippen molar-refractivity contribution >= 4 is 34.5 Å². The van der Waals surface area contributed by atoms with E-state index in [1.807, 2.05) is 72.9 Å². The molecule has 0 aliphatic rings. The summed E-state index contributed by atoms with van der Waals surface area (Å²) < 4.78 is 12.2. The van der Waals surface area contributed by atoms with Crippen LogP contribution in [-0.4, -0.2) is 13.3 Å². The predicted molar refractivity (Wildman–Crippen MR) is 106 cm³/mol. The molecule has 0 heterocycles. The number of benzene rings is 3. The SMILES string of the molecule is COc1cccc(Oc2ccc(N=Cc3ccccc3I)cc2)c1. The molecule has 0 saturated carbocycles. The van der Waals surface area contributed by atoms with Crippen LogP contribution in [0, 0.1) is 3.57 Å². The van der Waals surface area contributed by atoms with Gasteiger partial charge in [-0.05, 0) is 65.1 Å². The Hall–Kier alpha value is -2.34. The van der Waals surface area contributed by atoms with Gasteiger partial charge in [0.05, 0.1) is 12.8 Å². The van der Waals surface area contributed by atoms with E-state index in [1.54, 1.807) is 7.11 Å². The van der Waals surface area contributed by atoms with E-state index in [2.05, 4.69) is 33.6 Å². The second kappa shape index (κ2) is 7.97. The Morgan fingerprint density at radius 3 is 2.33 bits per heavy atom. The van der Waals surface area contributed by atoms with Gasteiger partial charge in [0.15, 0.2) is 0 Å². The summed E-state index contributed by atoms with van der Waals surface area (Å²) in [7, 11) is 1.64. The van der Waals surface area contributed by atoms with Gasteiger partial charge in [-0.2, -0.15) is 0 Å². The number of halogens is 1. The maximum absolute atomic E-state index is 5.82. The Balaban J connectivity index is 1.70. The third-order valence-electron chi connectivity index (χ3n) is 3.37. The van der Waals surface area contributed by atoms with Crippen LogP contribution < -0.4 is 9.47 Å². The highest BCUT2D eigenvalue weighted by Gasteiger charge is 2.00. The smallest absolute Gasteiger partial charge is 0.131 e. The number of ether oxygens (including phenoxy) is 2. The zero-order chi connectivity index (χ0) is 16.8. The molecule has 0 aromatic heterocycles. The number of nitrogens with zero attached hydrogens (tertiary/aromatic N) is 1. The molecule has 24 heavy (non-hydrogen) atoms. The first-order chi connectivity index (χ1) is 11.7. The average molecular weight is 429 g/mol. The zero-order valence-electron chi connectivity index (χ0n) is 13.1. The molecule has 3 rings (SSSR count). The van der Waals surface area contributed by atoms with E-state index in [1.165, 1.54) is 3.57 Å². The van der Waals surface area contributed by atoms with Gasteiger partial charge >= 0.3 is 0 Å². The third-order valence-corrected chi connectivity index (χ3v) is 4.35. The molecule has 0 spiro atoms. The molecule has 0 amide bonds. The van der Waals surface area contributed by atoms with Crippen LogP contribution in [0.25, 0.3) is 0 Å². The lowest BCUT2D eigenvalue weighted by atomic mass is 10.2. The Kier molecular flexibility index (Phi) is 5.48. The summed E-state index contributed by atoms with van der Waals surface area (Å²) in [4.78, 5) is 4.51. The first-order valence-corrected chi connectivity index (χ1v) is 8.53. The van der Waals surface area contributed by atoms with Crippen molar-refractivity contribution in [2.45, 2.75) is 0 Å². The average Bonchev–Trinajstić information content (AvgIpc) is 2.62. The third kappa shape index (κ3) is 4.35. The predicted octanol–water partition coefficient (Wildman–Crippen LogP) is 5.84. The van der Waals surface area contributed by atoms with Crippen molar-refractivity contribution in [3.63, 3.8) is 0 Å². The minimum absolute atomic E-state index is 0.740. The fourth-order valence-corrected chi connectivity index (χ4v) is 2.65. The highest BCUT2D eigenvalue weighted by molar-refractivity contribution is 14.1. The van der Waals surface area contributed by atoms with Gasteiger partial charge in [-0.25, -0.2) is 0 Å². The summed E-state index contributed by atoms with van der Waals surface area (Å²) in [5.41, 5.74) is 1.99. The second-order valence-corrected chi connectivity index (χ2v) is 6.22. The minimum Gasteiger partial charge on any atom is -0.497 e. The van der Waals surface area contributed by atoms with Gasteiger partial charge in [0.2, 0.25) is 0 Å². The van der Waals surface area contributed by atoms with Crippen LogP contribution in [0.5, 0.6) is 17.2 Å². The fraction of sp³-hybridized carbons (Fsp3) is 0.0500. The molecule has 0 radical (unpaired) electrons. The first kappa shape index (κ1) is 16.5. The number of rotatable bonds is 5. The van der Waals surface area contributed by atoms with Crippen LogP contribution in [0.4, 0.5) is 5.69 Å². The first-order valence-electron chi connectivity index (χ1n) is 7.45. The highest BCUT2D eigenvalue weighted by atomic mass is 127. The summed E-state index contributed by atoms with van der Waals surface area (Å²) >= 11 is 2.31. The normalized spacial score (nSPS) is 10.8. The maximum Gasteiger partial charge on any atom is 0.131 e. The van der Waals surface area contributed by atoms with Crippen LogP contribution in [0.1, 0.15) is 5.56 Å². The Bertz CT molecular complexity index is 844. The lowest BCUT2D eigenvalue weighted by Crippen LogP contribution is -1.86. The Morgan fingerprint density at radius 1 is 0.833 bits per heavy atom. The number of hydrogen-bond donors (Lipinski definition) is 0. The van der Waals surface area contributed by atoms with E-state index >= 15 is 0 Å². The van der Waals surface area contributed by atoms with Crippen LogP contribution in [0.15, 0.2) is 77.8 Å². The molecule has 0 aliphatic heterocycles. The van der Waals surface area contributed by atoms with E-state index in [9.17, 15) is 0 Å². The van der Waals surface area contributed by atoms with Gasteiger partial charge in [0.25, 0.3) is 0 Å². The molecular formula is C20H16INO2. The second-order valence-electron chi connectivity index (χ2n) is 5.05. The van der Waals surface area contributed by atoms with Gasteiger partial charge in [-0.1, -0.05) is 24.3 Å². The maximum atomic E-state index is 5.82. The lowest BCUT2D eigenvalue weighted by molar-refractivity contribution is 0.409. The van der Waals surface area contributed by atoms with E-state index in [0.717, 1.165) is 28.5 Å². The Labute approximate surface area is 155 Å². The molecular weight excluding hydrogens is 413 g/mol. The van der Waals surface area contributed by atoms with Gasteiger partial charge < -0.3 is 9.47 Å². The zero-order valence-corrected chi connectivity index (χ0v) is 15.3. The lowest BCUT2D eigenvalue weighted by Gasteiger charge is -2.07. The number of methoxy groups -OCH3 is 1. The number of hydrogen-bond acceptors (Lipinski definition) is 3. The molecule has 0 fully saturated rings. The van der Waals surface area contributed by atoms with Crippen molar-refractivity contribution in [2.24, 2.45) is 4.99 Å². The standard InChI is InChI=1S/C20H16INO2/c1-23-18-6-4-7-19(13-18)24-17-11-9-16(10-12-17)22-14-15-5-2-3-8-20(15)21/h2-14H,1H3. The molecule has 0 N–H and O–H groups in total. The summed E-state index contributed by atoms with van der Waals surface area (Å²) in [6.45, 7) is 0. The van der Waals surface area contributed by atoms with Crippen molar-refractivity contribution in [2.75, 3.05) is 7.11 Å². The highest BCUT2D eigenvalue weighted by Crippen LogP contribution is 2.26. The van der Waals surface area contributed by atoms with Crippen LogP contribution in [0.2, 0.25) is 0 Å². The van der Waals surface area contributed by atoms with Crippen LogP contribution >= 0.6 is 22.6 Å². The van der Waals surface area contributed by atoms with Gasteiger partial charge in [-0.3, -0.25) is 4.99 Å². The molecule has 0 saturated heterocycles. The quantitative estimate of drug-likeness (QED) is 0.377. The van der Waals surface area contributed by atoms with Crippen molar-refractivity contribution in [1.29, 1.82) is 0 Å². The summed E-state index contributed by atoms with van der Waals surface area (Å²) in [6, 6.07) is 23.3. The summed E-state index contributed by atoms with van der Waals surface area (Å²) in [5, 5.41) is 0. The number of aliphatic imine (C=N–C) groups is 1. The van der Waals surface area contributed by atoms with E-state index in [4.69, 9.17) is 9.47 Å². The topological polar surface area (TPSA) is 30.8 Å². The van der Waals surface area contributed by atoms with E-state index < -0.39 is 0 Å².